The second-order valence-corrected chi connectivity index (χ2v) is 5.34. The van der Waals surface area contributed by atoms with Gasteiger partial charge >= 0.3 is 5.97 Å². The van der Waals surface area contributed by atoms with Crippen molar-refractivity contribution in [2.24, 2.45) is 0 Å². The number of amides is 2. The molecule has 0 aliphatic heterocycles. The average molecular weight is 344 g/mol. The molecule has 0 unspecified atom stereocenters. The van der Waals surface area contributed by atoms with Gasteiger partial charge in [0.1, 0.15) is 5.82 Å². The molecule has 25 heavy (non-hydrogen) atoms. The van der Waals surface area contributed by atoms with Crippen LogP contribution in [0.3, 0.4) is 0 Å². The van der Waals surface area contributed by atoms with E-state index in [0.717, 1.165) is 0 Å². The number of halogens is 1. The minimum Gasteiger partial charge on any atom is -0.481 e. The quantitative estimate of drug-likeness (QED) is 0.718. The van der Waals surface area contributed by atoms with Crippen molar-refractivity contribution in [3.8, 4) is 0 Å². The maximum absolute atomic E-state index is 12.9. The van der Waals surface area contributed by atoms with Crippen LogP contribution >= 0.6 is 0 Å². The number of carbonyl (C=O) groups is 3. The highest BCUT2D eigenvalue weighted by molar-refractivity contribution is 6.05. The van der Waals surface area contributed by atoms with Crippen LogP contribution in [-0.2, 0) is 9.59 Å². The second kappa shape index (κ2) is 8.58. The molecule has 2 aromatic carbocycles. The molecule has 0 bridgehead atoms. The summed E-state index contributed by atoms with van der Waals surface area (Å²) in [6.07, 6.45) is 0.248. The van der Waals surface area contributed by atoms with Crippen LogP contribution in [0, 0.1) is 5.82 Å². The highest BCUT2D eigenvalue weighted by Crippen LogP contribution is 2.14. The summed E-state index contributed by atoms with van der Waals surface area (Å²) in [5, 5.41) is 13.8. The number of aliphatic carboxylic acids is 1. The van der Waals surface area contributed by atoms with Gasteiger partial charge in [0, 0.05) is 29.8 Å². The lowest BCUT2D eigenvalue weighted by molar-refractivity contribution is -0.137. The van der Waals surface area contributed by atoms with Crippen LogP contribution in [0.4, 0.5) is 15.8 Å². The zero-order valence-electron chi connectivity index (χ0n) is 13.3. The molecule has 0 aromatic heterocycles. The summed E-state index contributed by atoms with van der Waals surface area (Å²) >= 11 is 0. The minimum atomic E-state index is -0.952. The topological polar surface area (TPSA) is 95.5 Å². The molecule has 0 saturated carbocycles. The lowest BCUT2D eigenvalue weighted by atomic mass is 10.1. The third-order valence-electron chi connectivity index (χ3n) is 3.31. The Morgan fingerprint density at radius 1 is 0.920 bits per heavy atom. The summed E-state index contributed by atoms with van der Waals surface area (Å²) in [7, 11) is 0. The predicted octanol–water partition coefficient (Wildman–Crippen LogP) is 3.27. The van der Waals surface area contributed by atoms with Crippen molar-refractivity contribution in [3.63, 3.8) is 0 Å². The lowest BCUT2D eigenvalue weighted by Crippen LogP contribution is -2.14. The Hall–Kier alpha value is -3.22. The summed E-state index contributed by atoms with van der Waals surface area (Å²) in [4.78, 5) is 34.4. The van der Waals surface area contributed by atoms with E-state index in [2.05, 4.69) is 10.6 Å². The number of carboxylic acid groups (broad SMARTS) is 1. The Morgan fingerprint density at radius 2 is 1.64 bits per heavy atom. The maximum Gasteiger partial charge on any atom is 0.303 e. The Bertz CT molecular complexity index is 775. The van der Waals surface area contributed by atoms with Gasteiger partial charge in [0.05, 0.1) is 0 Å². The van der Waals surface area contributed by atoms with Gasteiger partial charge < -0.3 is 15.7 Å². The van der Waals surface area contributed by atoms with E-state index in [1.165, 1.54) is 30.3 Å². The number of nitrogens with one attached hydrogen (secondary N) is 2. The Morgan fingerprint density at radius 3 is 2.32 bits per heavy atom. The predicted molar refractivity (Wildman–Crippen MR) is 90.9 cm³/mol. The molecule has 6 nitrogen and oxygen atoms in total. The summed E-state index contributed by atoms with van der Waals surface area (Å²) in [5.41, 5.74) is 1.22. The highest BCUT2D eigenvalue weighted by atomic mass is 19.1. The molecule has 0 atom stereocenters. The Kier molecular flexibility index (Phi) is 6.22. The van der Waals surface area contributed by atoms with E-state index in [9.17, 15) is 18.8 Å². The standard InChI is InChI=1S/C18H17FN2O4/c19-13-7-9-14(10-8-13)21-18(25)12-3-1-4-15(11-12)20-16(22)5-2-6-17(23)24/h1,3-4,7-11H,2,5-6H2,(H,20,22)(H,21,25)(H,23,24). The fourth-order valence-corrected chi connectivity index (χ4v) is 2.10. The summed E-state index contributed by atoms with van der Waals surface area (Å²) in [6, 6.07) is 11.7. The van der Waals surface area contributed by atoms with Crippen molar-refractivity contribution < 1.29 is 23.9 Å². The van der Waals surface area contributed by atoms with E-state index in [4.69, 9.17) is 5.11 Å². The molecule has 2 aromatic rings. The van der Waals surface area contributed by atoms with Gasteiger partial charge in [0.2, 0.25) is 5.91 Å². The third kappa shape index (κ3) is 6.06. The fraction of sp³-hybridized carbons (Fsp3) is 0.167. The molecule has 2 rings (SSSR count). The van der Waals surface area contributed by atoms with Gasteiger partial charge in [0.15, 0.2) is 0 Å². The molecule has 0 saturated heterocycles. The van der Waals surface area contributed by atoms with Crippen molar-refractivity contribution in [1.29, 1.82) is 0 Å². The van der Waals surface area contributed by atoms with Crippen molar-refractivity contribution in [2.45, 2.75) is 19.3 Å². The fourth-order valence-electron chi connectivity index (χ4n) is 2.10. The largest absolute Gasteiger partial charge is 0.481 e. The average Bonchev–Trinajstić information content (AvgIpc) is 2.57. The van der Waals surface area contributed by atoms with Gasteiger partial charge in [-0.05, 0) is 48.9 Å². The normalized spacial score (nSPS) is 10.1. The molecular formula is C18H17FN2O4. The SMILES string of the molecule is O=C(O)CCCC(=O)Nc1cccc(C(=O)Nc2ccc(F)cc2)c1. The van der Waals surface area contributed by atoms with Gasteiger partial charge in [-0.15, -0.1) is 0 Å². The zero-order chi connectivity index (χ0) is 18.2. The van der Waals surface area contributed by atoms with E-state index in [1.807, 2.05) is 0 Å². The van der Waals surface area contributed by atoms with Crippen LogP contribution in [0.5, 0.6) is 0 Å². The summed E-state index contributed by atoms with van der Waals surface area (Å²) in [5.74, 6) is -2.07. The number of rotatable bonds is 7. The first-order valence-electron chi connectivity index (χ1n) is 7.62. The van der Waals surface area contributed by atoms with E-state index in [1.54, 1.807) is 18.2 Å². The Balaban J connectivity index is 1.95. The van der Waals surface area contributed by atoms with Gasteiger partial charge in [-0.2, -0.15) is 0 Å². The number of benzene rings is 2. The molecule has 0 aliphatic carbocycles. The summed E-state index contributed by atoms with van der Waals surface area (Å²) < 4.78 is 12.9. The van der Waals surface area contributed by atoms with Crippen molar-refractivity contribution >= 4 is 29.2 Å². The van der Waals surface area contributed by atoms with Gasteiger partial charge in [-0.25, -0.2) is 4.39 Å². The molecule has 0 radical (unpaired) electrons. The molecule has 2 amide bonds. The number of hydrogen-bond donors (Lipinski definition) is 3. The lowest BCUT2D eigenvalue weighted by Gasteiger charge is -2.08. The molecule has 0 fully saturated rings. The number of carboxylic acids is 1. The van der Waals surface area contributed by atoms with E-state index < -0.39 is 17.7 Å². The van der Waals surface area contributed by atoms with E-state index >= 15 is 0 Å². The molecule has 0 spiro atoms. The first-order chi connectivity index (χ1) is 11.9. The molecule has 7 heteroatoms. The van der Waals surface area contributed by atoms with Crippen LogP contribution in [0.25, 0.3) is 0 Å². The Labute approximate surface area is 143 Å². The van der Waals surface area contributed by atoms with Gasteiger partial charge in [-0.1, -0.05) is 6.07 Å². The monoisotopic (exact) mass is 344 g/mol. The first kappa shape index (κ1) is 18.1. The summed E-state index contributed by atoms with van der Waals surface area (Å²) in [6.45, 7) is 0. The van der Waals surface area contributed by atoms with Gasteiger partial charge in [0.25, 0.3) is 5.91 Å². The smallest absolute Gasteiger partial charge is 0.303 e. The highest BCUT2D eigenvalue weighted by Gasteiger charge is 2.09. The zero-order valence-corrected chi connectivity index (χ0v) is 13.3. The van der Waals surface area contributed by atoms with Crippen LogP contribution in [-0.4, -0.2) is 22.9 Å². The first-order valence-corrected chi connectivity index (χ1v) is 7.62. The van der Waals surface area contributed by atoms with Crippen LogP contribution in [0.15, 0.2) is 48.5 Å². The van der Waals surface area contributed by atoms with E-state index in [0.29, 0.717) is 16.9 Å². The molecule has 3 N–H and O–H groups in total. The van der Waals surface area contributed by atoms with Crippen molar-refractivity contribution in [2.75, 3.05) is 10.6 Å². The molecule has 130 valence electrons. The second-order valence-electron chi connectivity index (χ2n) is 5.34. The van der Waals surface area contributed by atoms with Crippen LogP contribution in [0.1, 0.15) is 29.6 Å². The van der Waals surface area contributed by atoms with Gasteiger partial charge in [-0.3, -0.25) is 14.4 Å². The van der Waals surface area contributed by atoms with Crippen molar-refractivity contribution in [1.82, 2.24) is 0 Å². The van der Waals surface area contributed by atoms with E-state index in [-0.39, 0.29) is 25.2 Å². The van der Waals surface area contributed by atoms with Crippen molar-refractivity contribution in [3.05, 3.63) is 59.9 Å². The maximum atomic E-state index is 12.9. The number of anilines is 2. The molecular weight excluding hydrogens is 327 g/mol. The molecule has 0 aliphatic rings. The number of carbonyl (C=O) groups excluding carboxylic acids is 2. The van der Waals surface area contributed by atoms with Crippen LogP contribution in [0.2, 0.25) is 0 Å². The third-order valence-corrected chi connectivity index (χ3v) is 3.31. The molecule has 0 heterocycles. The number of hydrogen-bond acceptors (Lipinski definition) is 3. The van der Waals surface area contributed by atoms with Crippen LogP contribution < -0.4 is 10.6 Å². The minimum absolute atomic E-state index is 0.0759.